The smallest absolute Gasteiger partial charge is 0.450 e. The Morgan fingerprint density at radius 1 is 1.53 bits per heavy atom. The van der Waals surface area contributed by atoms with Gasteiger partial charge in [0.25, 0.3) is 0 Å². The van der Waals surface area contributed by atoms with Crippen molar-refractivity contribution >= 4 is 17.8 Å². The lowest BCUT2D eigenvalue weighted by Crippen LogP contribution is -2.33. The second-order valence-electron chi connectivity index (χ2n) is 6.34. The van der Waals surface area contributed by atoms with Gasteiger partial charge in [0.05, 0.1) is 0 Å². The molecule has 1 unspecified atom stereocenters. The number of hydrogen-bond donors (Lipinski definition) is 1. The number of fused-ring (bicyclic) bond motifs is 2. The van der Waals surface area contributed by atoms with E-state index in [9.17, 15) is 4.79 Å². The lowest BCUT2D eigenvalue weighted by Gasteiger charge is -2.39. The Bertz CT molecular complexity index is 329. The quantitative estimate of drug-likeness (QED) is 0.614. The van der Waals surface area contributed by atoms with Gasteiger partial charge >= 0.3 is 6.16 Å². The summed E-state index contributed by atoms with van der Waals surface area (Å²) in [6, 6.07) is 0. The Hall–Kier alpha value is -0.440. The first-order valence-corrected chi connectivity index (χ1v) is 6.74. The summed E-state index contributed by atoms with van der Waals surface area (Å²) >= 11 is 5.95. The number of halogens is 1. The van der Waals surface area contributed by atoms with Gasteiger partial charge in [-0.2, -0.15) is 0 Å². The summed E-state index contributed by atoms with van der Waals surface area (Å²) in [4.78, 5) is 10.4. The van der Waals surface area contributed by atoms with E-state index in [4.69, 9.17) is 16.7 Å². The lowest BCUT2D eigenvalue weighted by atomic mass is 9.66. The summed E-state index contributed by atoms with van der Waals surface area (Å²) in [6.07, 6.45) is 3.05. The molecule has 2 fully saturated rings. The fourth-order valence-corrected chi connectivity index (χ4v) is 4.40. The van der Waals surface area contributed by atoms with E-state index < -0.39 is 11.7 Å². The van der Waals surface area contributed by atoms with Gasteiger partial charge in [0, 0.05) is 6.42 Å². The zero-order valence-corrected chi connectivity index (χ0v) is 11.5. The number of ether oxygens (including phenoxy) is 1. The standard InChI is InChI=1S/C13H21ClO3/c1-12(2)8-4-5-13(12,3)9(6-8)7-10(14)17-11(15)16/h8-10H,4-7H2,1-3H3,(H,15,16)/t8-,9+,10+,13?/m0/s1. The Kier molecular flexibility index (Phi) is 3.09. The van der Waals surface area contributed by atoms with Crippen LogP contribution in [0.3, 0.4) is 0 Å². The van der Waals surface area contributed by atoms with Crippen LogP contribution in [-0.4, -0.2) is 16.8 Å². The Labute approximate surface area is 107 Å². The first kappa shape index (κ1) is 13.0. The van der Waals surface area contributed by atoms with Gasteiger partial charge in [-0.15, -0.1) is 0 Å². The van der Waals surface area contributed by atoms with E-state index in [1.54, 1.807) is 0 Å². The van der Waals surface area contributed by atoms with Gasteiger partial charge in [0.15, 0.2) is 5.56 Å². The number of alkyl halides is 1. The molecular weight excluding hydrogens is 240 g/mol. The van der Waals surface area contributed by atoms with Crippen molar-refractivity contribution in [3.8, 4) is 0 Å². The zero-order chi connectivity index (χ0) is 12.8. The summed E-state index contributed by atoms with van der Waals surface area (Å²) in [6.45, 7) is 7.01. The molecule has 4 heteroatoms. The predicted molar refractivity (Wildman–Crippen MR) is 66.1 cm³/mol. The van der Waals surface area contributed by atoms with Gasteiger partial charge in [0.1, 0.15) is 0 Å². The Balaban J connectivity index is 2.03. The highest BCUT2D eigenvalue weighted by Gasteiger charge is 2.61. The molecule has 0 amide bonds. The monoisotopic (exact) mass is 260 g/mol. The zero-order valence-electron chi connectivity index (χ0n) is 10.7. The van der Waals surface area contributed by atoms with Crippen LogP contribution in [0.1, 0.15) is 46.5 Å². The number of carboxylic acid groups (broad SMARTS) is 1. The molecule has 2 aliphatic carbocycles. The molecule has 0 radical (unpaired) electrons. The van der Waals surface area contributed by atoms with Crippen LogP contribution in [0.25, 0.3) is 0 Å². The molecule has 2 aliphatic rings. The highest BCUT2D eigenvalue weighted by Crippen LogP contribution is 2.69. The normalized spacial score (nSPS) is 40.2. The average molecular weight is 261 g/mol. The number of carbonyl (C=O) groups is 1. The molecule has 98 valence electrons. The summed E-state index contributed by atoms with van der Waals surface area (Å²) in [5, 5.41) is 8.55. The summed E-state index contributed by atoms with van der Waals surface area (Å²) in [5.74, 6) is 1.24. The van der Waals surface area contributed by atoms with E-state index >= 15 is 0 Å². The van der Waals surface area contributed by atoms with E-state index in [-0.39, 0.29) is 5.41 Å². The van der Waals surface area contributed by atoms with Gasteiger partial charge in [-0.3, -0.25) is 0 Å². The molecule has 2 rings (SSSR count). The summed E-state index contributed by atoms with van der Waals surface area (Å²) in [7, 11) is 0. The molecule has 0 saturated heterocycles. The lowest BCUT2D eigenvalue weighted by molar-refractivity contribution is 0.0460. The fourth-order valence-electron chi connectivity index (χ4n) is 4.11. The maximum Gasteiger partial charge on any atom is 0.507 e. The minimum Gasteiger partial charge on any atom is -0.450 e. The van der Waals surface area contributed by atoms with Crippen molar-refractivity contribution in [2.45, 2.75) is 52.0 Å². The minimum absolute atomic E-state index is 0.284. The largest absolute Gasteiger partial charge is 0.507 e. The highest BCUT2D eigenvalue weighted by atomic mass is 35.5. The second-order valence-corrected chi connectivity index (χ2v) is 6.82. The molecule has 0 aromatic rings. The van der Waals surface area contributed by atoms with Crippen LogP contribution in [0.15, 0.2) is 0 Å². The molecule has 4 atom stereocenters. The van der Waals surface area contributed by atoms with Crippen molar-refractivity contribution in [2.75, 3.05) is 0 Å². The van der Waals surface area contributed by atoms with Crippen molar-refractivity contribution in [2.24, 2.45) is 22.7 Å². The number of rotatable bonds is 3. The molecule has 17 heavy (non-hydrogen) atoms. The van der Waals surface area contributed by atoms with E-state index in [1.165, 1.54) is 12.8 Å². The molecule has 3 nitrogen and oxygen atoms in total. The summed E-state index contributed by atoms with van der Waals surface area (Å²) < 4.78 is 4.62. The van der Waals surface area contributed by atoms with E-state index in [0.29, 0.717) is 17.8 Å². The van der Waals surface area contributed by atoms with Crippen LogP contribution < -0.4 is 0 Å². The third-order valence-electron chi connectivity index (χ3n) is 5.67. The van der Waals surface area contributed by atoms with Crippen LogP contribution in [0.2, 0.25) is 0 Å². The van der Waals surface area contributed by atoms with Gasteiger partial charge in [-0.25, -0.2) is 4.79 Å². The van der Waals surface area contributed by atoms with Gasteiger partial charge in [-0.05, 0) is 41.9 Å². The van der Waals surface area contributed by atoms with Crippen LogP contribution >= 0.6 is 11.6 Å². The van der Waals surface area contributed by atoms with Crippen molar-refractivity contribution in [1.29, 1.82) is 0 Å². The molecule has 2 bridgehead atoms. The molecular formula is C13H21ClO3. The molecule has 0 heterocycles. The Morgan fingerprint density at radius 2 is 2.18 bits per heavy atom. The van der Waals surface area contributed by atoms with Gasteiger partial charge in [-0.1, -0.05) is 32.4 Å². The predicted octanol–water partition coefficient (Wildman–Crippen LogP) is 4.10. The van der Waals surface area contributed by atoms with Crippen molar-refractivity contribution in [1.82, 2.24) is 0 Å². The van der Waals surface area contributed by atoms with Gasteiger partial charge < -0.3 is 9.84 Å². The molecule has 1 N–H and O–H groups in total. The van der Waals surface area contributed by atoms with Crippen LogP contribution in [0, 0.1) is 22.7 Å². The van der Waals surface area contributed by atoms with E-state index in [0.717, 1.165) is 12.3 Å². The fraction of sp³-hybridized carbons (Fsp3) is 0.923. The minimum atomic E-state index is -1.28. The third kappa shape index (κ3) is 1.92. The molecule has 0 spiro atoms. The third-order valence-corrected chi connectivity index (χ3v) is 5.94. The van der Waals surface area contributed by atoms with E-state index in [2.05, 4.69) is 25.5 Å². The van der Waals surface area contributed by atoms with Crippen LogP contribution in [-0.2, 0) is 4.74 Å². The van der Waals surface area contributed by atoms with Crippen LogP contribution in [0.5, 0.6) is 0 Å². The molecule has 0 aromatic carbocycles. The van der Waals surface area contributed by atoms with E-state index in [1.807, 2.05) is 0 Å². The van der Waals surface area contributed by atoms with Crippen molar-refractivity contribution in [3.63, 3.8) is 0 Å². The average Bonchev–Trinajstić information content (AvgIpc) is 2.49. The topological polar surface area (TPSA) is 46.5 Å². The Morgan fingerprint density at radius 3 is 2.59 bits per heavy atom. The SMILES string of the molecule is CC1(C)[C@H]2CCC1(C)[C@@H](C[C@H](Cl)OC(=O)O)C2. The second kappa shape index (κ2) is 4.04. The summed E-state index contributed by atoms with van der Waals surface area (Å²) in [5.41, 5.74) is -0.0751. The first-order valence-electron chi connectivity index (χ1n) is 6.31. The molecule has 0 aliphatic heterocycles. The maximum atomic E-state index is 10.4. The molecule has 2 saturated carbocycles. The molecule has 0 aromatic heterocycles. The number of hydrogen-bond acceptors (Lipinski definition) is 2. The highest BCUT2D eigenvalue weighted by molar-refractivity contribution is 6.20. The first-order chi connectivity index (χ1) is 7.77. The van der Waals surface area contributed by atoms with Crippen molar-refractivity contribution in [3.05, 3.63) is 0 Å². The van der Waals surface area contributed by atoms with Crippen molar-refractivity contribution < 1.29 is 14.6 Å². The van der Waals surface area contributed by atoms with Crippen LogP contribution in [0.4, 0.5) is 4.79 Å². The maximum absolute atomic E-state index is 10.4. The van der Waals surface area contributed by atoms with Gasteiger partial charge in [0.2, 0.25) is 0 Å².